The Morgan fingerprint density at radius 1 is 1.22 bits per heavy atom. The highest BCUT2D eigenvalue weighted by Gasteiger charge is 2.42. The smallest absolute Gasteiger partial charge is 0.294 e. The van der Waals surface area contributed by atoms with Gasteiger partial charge in [-0.1, -0.05) is 0 Å². The van der Waals surface area contributed by atoms with Gasteiger partial charge in [0, 0.05) is 25.3 Å². The first-order chi connectivity index (χ1) is 10.6. The lowest BCUT2D eigenvalue weighted by Gasteiger charge is -2.19. The van der Waals surface area contributed by atoms with E-state index in [9.17, 15) is 4.79 Å². The van der Waals surface area contributed by atoms with Gasteiger partial charge in [0.1, 0.15) is 0 Å². The Morgan fingerprint density at radius 2 is 2.00 bits per heavy atom. The van der Waals surface area contributed by atoms with E-state index in [1.807, 2.05) is 12.1 Å². The molecule has 0 spiro atoms. The van der Waals surface area contributed by atoms with Crippen LogP contribution in [0.5, 0.6) is 0 Å². The molecular weight excluding hydrogens is 316 g/mol. The Bertz CT molecular complexity index is 692. The minimum atomic E-state index is -0.197. The summed E-state index contributed by atoms with van der Waals surface area (Å²) in [5, 5.41) is 14.8. The number of amides is 1. The van der Waals surface area contributed by atoms with E-state index >= 15 is 0 Å². The van der Waals surface area contributed by atoms with Gasteiger partial charge >= 0.3 is 0 Å². The van der Waals surface area contributed by atoms with Crippen molar-refractivity contribution in [2.24, 2.45) is 4.99 Å². The van der Waals surface area contributed by atoms with Gasteiger partial charge in [-0.15, -0.1) is 12.4 Å². The molecule has 3 aliphatic rings. The summed E-state index contributed by atoms with van der Waals surface area (Å²) in [5.41, 5.74) is 9.59. The molecule has 7 nitrogen and oxygen atoms in total. The van der Waals surface area contributed by atoms with Crippen LogP contribution in [0.25, 0.3) is 0 Å². The number of amidine groups is 1. The topological polar surface area (TPSA) is 97.8 Å². The van der Waals surface area contributed by atoms with Crippen LogP contribution in [0.4, 0.5) is 17.1 Å². The number of halogens is 1. The van der Waals surface area contributed by atoms with E-state index in [4.69, 9.17) is 11.1 Å². The van der Waals surface area contributed by atoms with Crippen molar-refractivity contribution >= 4 is 46.9 Å². The van der Waals surface area contributed by atoms with Crippen molar-refractivity contribution in [2.45, 2.75) is 19.3 Å². The number of fused-ring (bicyclic) bond motifs is 2. The number of nitrogens with one attached hydrogen (secondary N) is 2. The fraction of sp³-hybridized carbons (Fsp3) is 0.400. The molecule has 122 valence electrons. The van der Waals surface area contributed by atoms with Crippen LogP contribution in [0.3, 0.4) is 0 Å². The highest BCUT2D eigenvalue weighted by molar-refractivity contribution is 6.68. The number of rotatable bonds is 1. The van der Waals surface area contributed by atoms with Crippen LogP contribution in [-0.2, 0) is 11.2 Å². The van der Waals surface area contributed by atoms with Gasteiger partial charge in [-0.3, -0.25) is 15.2 Å². The number of aryl methyl sites for hydroxylation is 1. The minimum absolute atomic E-state index is 0. The number of anilines is 2. The average molecular weight is 335 g/mol. The first kappa shape index (κ1) is 15.6. The lowest BCUT2D eigenvalue weighted by Crippen LogP contribution is -2.33. The van der Waals surface area contributed by atoms with Crippen LogP contribution >= 0.6 is 12.4 Å². The largest absolute Gasteiger partial charge is 0.397 e. The van der Waals surface area contributed by atoms with Crippen molar-refractivity contribution in [3.63, 3.8) is 0 Å². The summed E-state index contributed by atoms with van der Waals surface area (Å²) in [6.45, 7) is 2.31. The molecule has 0 radical (unpaired) electrons. The number of aliphatic imine (C=N–C) groups is 1. The molecule has 8 heteroatoms. The third-order valence-corrected chi connectivity index (χ3v) is 4.37. The monoisotopic (exact) mass is 334 g/mol. The Morgan fingerprint density at radius 3 is 2.78 bits per heavy atom. The van der Waals surface area contributed by atoms with Crippen LogP contribution in [0.2, 0.25) is 0 Å². The maximum Gasteiger partial charge on any atom is 0.294 e. The molecule has 1 amide bonds. The van der Waals surface area contributed by atoms with Crippen molar-refractivity contribution in [1.82, 2.24) is 10.0 Å². The quantitative estimate of drug-likeness (QED) is 0.679. The van der Waals surface area contributed by atoms with Crippen molar-refractivity contribution in [1.29, 1.82) is 5.41 Å². The number of nitrogen functional groups attached to an aromatic ring is 1. The Kier molecular flexibility index (Phi) is 3.89. The Hall–Kier alpha value is -2.28. The predicted molar refractivity (Wildman–Crippen MR) is 92.8 cm³/mol. The minimum Gasteiger partial charge on any atom is -0.397 e. The van der Waals surface area contributed by atoms with Crippen molar-refractivity contribution in [3.05, 3.63) is 17.7 Å². The zero-order valence-electron chi connectivity index (χ0n) is 12.6. The third-order valence-electron chi connectivity index (χ3n) is 4.37. The number of hydrogen-bond donors (Lipinski definition) is 3. The number of nitrogens with two attached hydrogens (primary N) is 1. The SMILES string of the molecule is Cl.N=C1C(=Nc2cc3c(cc2N)NCCC3)C(=O)N2CCCN12. The second-order valence-corrected chi connectivity index (χ2v) is 5.81. The molecule has 0 bridgehead atoms. The molecule has 1 aromatic rings. The van der Waals surface area contributed by atoms with Gasteiger partial charge in [0.05, 0.1) is 11.4 Å². The first-order valence-electron chi connectivity index (χ1n) is 7.58. The number of nitrogens with zero attached hydrogens (tertiary/aromatic N) is 3. The maximum atomic E-state index is 12.4. The van der Waals surface area contributed by atoms with Gasteiger partial charge in [-0.2, -0.15) is 0 Å². The molecule has 3 aliphatic heterocycles. The summed E-state index contributed by atoms with van der Waals surface area (Å²) in [6, 6.07) is 3.81. The number of carbonyl (C=O) groups excluding carboxylic acids is 1. The third kappa shape index (κ3) is 2.41. The first-order valence-corrected chi connectivity index (χ1v) is 7.58. The molecule has 4 rings (SSSR count). The molecule has 0 unspecified atom stereocenters. The lowest BCUT2D eigenvalue weighted by atomic mass is 10.0. The zero-order chi connectivity index (χ0) is 15.3. The summed E-state index contributed by atoms with van der Waals surface area (Å²) in [4.78, 5) is 16.8. The van der Waals surface area contributed by atoms with E-state index in [2.05, 4.69) is 10.3 Å². The number of carbonyl (C=O) groups is 1. The van der Waals surface area contributed by atoms with Crippen LogP contribution in [0.15, 0.2) is 17.1 Å². The fourth-order valence-corrected chi connectivity index (χ4v) is 3.24. The van der Waals surface area contributed by atoms with Crippen LogP contribution in [-0.4, -0.2) is 47.1 Å². The normalized spacial score (nSPS) is 21.1. The summed E-state index contributed by atoms with van der Waals surface area (Å²) in [5.74, 6) is -0.0181. The van der Waals surface area contributed by atoms with Crippen molar-refractivity contribution < 1.29 is 4.79 Å². The standard InChI is InChI=1S/C15H18N6O.ClH/c16-10-8-11-9(3-1-4-18-11)7-12(10)19-13-14(17)20-5-2-6-21(20)15(13)22;/h7-8,17-18H,1-6,16H2;1H. The van der Waals surface area contributed by atoms with Crippen molar-refractivity contribution in [2.75, 3.05) is 30.7 Å². The van der Waals surface area contributed by atoms with E-state index < -0.39 is 0 Å². The Balaban J connectivity index is 0.00000156. The van der Waals surface area contributed by atoms with Crippen LogP contribution in [0.1, 0.15) is 18.4 Å². The molecule has 4 N–H and O–H groups in total. The van der Waals surface area contributed by atoms with E-state index in [0.717, 1.165) is 37.1 Å². The van der Waals surface area contributed by atoms with E-state index in [1.54, 1.807) is 10.0 Å². The average Bonchev–Trinajstić information content (AvgIpc) is 3.08. The molecule has 3 heterocycles. The summed E-state index contributed by atoms with van der Waals surface area (Å²) >= 11 is 0. The van der Waals surface area contributed by atoms with Crippen LogP contribution in [0, 0.1) is 5.41 Å². The van der Waals surface area contributed by atoms with Gasteiger partial charge in [0.25, 0.3) is 5.91 Å². The maximum absolute atomic E-state index is 12.4. The van der Waals surface area contributed by atoms with Crippen molar-refractivity contribution in [3.8, 4) is 0 Å². The van der Waals surface area contributed by atoms with E-state index in [1.165, 1.54) is 0 Å². The van der Waals surface area contributed by atoms with Gasteiger partial charge < -0.3 is 11.1 Å². The summed E-state index contributed by atoms with van der Waals surface area (Å²) in [7, 11) is 0. The number of hydrogen-bond acceptors (Lipinski definition) is 5. The zero-order valence-corrected chi connectivity index (χ0v) is 13.4. The second-order valence-electron chi connectivity index (χ2n) is 5.81. The molecular formula is C15H19ClN6O. The van der Waals surface area contributed by atoms with Gasteiger partial charge in [0.15, 0.2) is 11.5 Å². The van der Waals surface area contributed by atoms with Gasteiger partial charge in [-0.25, -0.2) is 10.0 Å². The van der Waals surface area contributed by atoms with Gasteiger partial charge in [0.2, 0.25) is 0 Å². The number of benzene rings is 1. The molecule has 0 aliphatic carbocycles. The van der Waals surface area contributed by atoms with E-state index in [-0.39, 0.29) is 29.9 Å². The van der Waals surface area contributed by atoms with Gasteiger partial charge in [-0.05, 0) is 37.0 Å². The highest BCUT2D eigenvalue weighted by atomic mass is 35.5. The summed E-state index contributed by atoms with van der Waals surface area (Å²) < 4.78 is 0. The summed E-state index contributed by atoms with van der Waals surface area (Å²) in [6.07, 6.45) is 2.95. The second kappa shape index (κ2) is 5.73. The molecule has 1 aromatic carbocycles. The fourth-order valence-electron chi connectivity index (χ4n) is 3.24. The van der Waals surface area contributed by atoms with E-state index in [0.29, 0.717) is 24.5 Å². The molecule has 23 heavy (non-hydrogen) atoms. The molecule has 0 aromatic heterocycles. The predicted octanol–water partition coefficient (Wildman–Crippen LogP) is 1.56. The number of hydrazine groups is 1. The molecule has 0 atom stereocenters. The molecule has 2 fully saturated rings. The lowest BCUT2D eigenvalue weighted by molar-refractivity contribution is -0.129. The molecule has 2 saturated heterocycles. The Labute approximate surface area is 140 Å². The van der Waals surface area contributed by atoms with Crippen LogP contribution < -0.4 is 11.1 Å². The highest BCUT2D eigenvalue weighted by Crippen LogP contribution is 2.33. The molecule has 0 saturated carbocycles.